The molecule has 0 fully saturated rings. The summed E-state index contributed by atoms with van der Waals surface area (Å²) in [5, 5.41) is 0. The van der Waals surface area contributed by atoms with E-state index in [2.05, 4.69) is 6.92 Å². The first-order valence-corrected chi connectivity index (χ1v) is 11.7. The Morgan fingerprint density at radius 1 is 0.781 bits per heavy atom. The molecule has 2 amide bonds. The molecule has 1 heterocycles. The van der Waals surface area contributed by atoms with Gasteiger partial charge in [-0.25, -0.2) is 4.39 Å². The van der Waals surface area contributed by atoms with E-state index in [0.29, 0.717) is 23.4 Å². The second-order valence-electron chi connectivity index (χ2n) is 8.36. The quantitative estimate of drug-likeness (QED) is 0.295. The van der Waals surface area contributed by atoms with Gasteiger partial charge in [0.15, 0.2) is 0 Å². The van der Waals surface area contributed by atoms with E-state index >= 15 is 0 Å². The van der Waals surface area contributed by atoms with Crippen LogP contribution in [-0.4, -0.2) is 30.3 Å². The van der Waals surface area contributed by atoms with Gasteiger partial charge in [-0.15, -0.1) is 0 Å². The lowest BCUT2D eigenvalue weighted by Gasteiger charge is -2.21. The average molecular weight is 437 g/mol. The standard InChI is InChI=1S/C27H33FN2O2/c1-3-4-5-6-7-8-9-13-20-30-26(31)24(21-16-18-22(28)19-17-21)25(27(30)32)29(2)23-14-11-10-12-15-23/h10-12,14-19H,3-9,13,20H2,1-2H3. The monoisotopic (exact) mass is 436 g/mol. The predicted octanol–water partition coefficient (Wildman–Crippen LogP) is 6.18. The van der Waals surface area contributed by atoms with Crippen LogP contribution in [0.5, 0.6) is 0 Å². The van der Waals surface area contributed by atoms with Crippen molar-refractivity contribution in [2.24, 2.45) is 0 Å². The number of halogens is 1. The van der Waals surface area contributed by atoms with Gasteiger partial charge in [0.25, 0.3) is 11.8 Å². The summed E-state index contributed by atoms with van der Waals surface area (Å²) in [5.41, 5.74) is 2.05. The van der Waals surface area contributed by atoms with E-state index in [0.717, 1.165) is 24.9 Å². The lowest BCUT2D eigenvalue weighted by molar-refractivity contribution is -0.136. The van der Waals surface area contributed by atoms with Crippen LogP contribution in [0.4, 0.5) is 10.1 Å². The first kappa shape index (κ1) is 23.7. The zero-order chi connectivity index (χ0) is 22.9. The van der Waals surface area contributed by atoms with Crippen LogP contribution < -0.4 is 4.90 Å². The Bertz CT molecular complexity index is 938. The maximum Gasteiger partial charge on any atom is 0.278 e. The van der Waals surface area contributed by atoms with E-state index in [4.69, 9.17) is 0 Å². The van der Waals surface area contributed by atoms with Crippen molar-refractivity contribution < 1.29 is 14.0 Å². The second-order valence-corrected chi connectivity index (χ2v) is 8.36. The summed E-state index contributed by atoms with van der Waals surface area (Å²) in [5.74, 6) is -0.967. The van der Waals surface area contributed by atoms with Crippen LogP contribution in [0.3, 0.4) is 0 Å². The van der Waals surface area contributed by atoms with Gasteiger partial charge in [-0.05, 0) is 36.2 Å². The van der Waals surface area contributed by atoms with Crippen LogP contribution in [0.2, 0.25) is 0 Å². The SMILES string of the molecule is CCCCCCCCCCN1C(=O)C(c2ccc(F)cc2)=C(N(C)c2ccccc2)C1=O. The fraction of sp³-hybridized carbons (Fsp3) is 0.407. The lowest BCUT2D eigenvalue weighted by atomic mass is 10.0. The van der Waals surface area contributed by atoms with Crippen LogP contribution in [0.15, 0.2) is 60.3 Å². The van der Waals surface area contributed by atoms with E-state index in [1.165, 1.54) is 49.1 Å². The van der Waals surface area contributed by atoms with Crippen molar-refractivity contribution in [3.63, 3.8) is 0 Å². The van der Waals surface area contributed by atoms with Crippen LogP contribution in [0.1, 0.15) is 63.9 Å². The van der Waals surface area contributed by atoms with Gasteiger partial charge in [-0.3, -0.25) is 14.5 Å². The largest absolute Gasteiger partial charge is 0.339 e. The Labute approximate surface area is 190 Å². The van der Waals surface area contributed by atoms with Gasteiger partial charge in [0.05, 0.1) is 5.57 Å². The first-order valence-electron chi connectivity index (χ1n) is 11.7. The highest BCUT2D eigenvalue weighted by molar-refractivity contribution is 6.36. The highest BCUT2D eigenvalue weighted by atomic mass is 19.1. The van der Waals surface area contributed by atoms with Gasteiger partial charge < -0.3 is 4.90 Å². The Balaban J connectivity index is 1.74. The Morgan fingerprint density at radius 2 is 1.38 bits per heavy atom. The first-order chi connectivity index (χ1) is 15.5. The number of hydrogen-bond donors (Lipinski definition) is 0. The number of likely N-dealkylation sites (N-methyl/N-ethyl adjacent to an activating group) is 1. The molecule has 0 saturated heterocycles. The number of hydrogen-bond acceptors (Lipinski definition) is 3. The molecular formula is C27H33FN2O2. The molecule has 0 spiro atoms. The van der Waals surface area contributed by atoms with Crippen LogP contribution in [0, 0.1) is 5.82 Å². The predicted molar refractivity (Wildman–Crippen MR) is 127 cm³/mol. The van der Waals surface area contributed by atoms with Gasteiger partial charge in [-0.1, -0.05) is 82.2 Å². The van der Waals surface area contributed by atoms with Crippen LogP contribution in [0.25, 0.3) is 5.57 Å². The van der Waals surface area contributed by atoms with Crippen molar-refractivity contribution in [3.05, 3.63) is 71.7 Å². The number of carbonyl (C=O) groups excluding carboxylic acids is 2. The van der Waals surface area contributed by atoms with Crippen molar-refractivity contribution in [1.82, 2.24) is 4.90 Å². The molecule has 0 saturated carbocycles. The number of rotatable bonds is 12. The molecule has 0 aliphatic carbocycles. The molecule has 0 unspecified atom stereocenters. The van der Waals surface area contributed by atoms with Crippen molar-refractivity contribution in [1.29, 1.82) is 0 Å². The van der Waals surface area contributed by atoms with E-state index in [-0.39, 0.29) is 17.6 Å². The average Bonchev–Trinajstić information content (AvgIpc) is 3.06. The summed E-state index contributed by atoms with van der Waals surface area (Å²) in [6.45, 7) is 2.62. The number of nitrogens with zero attached hydrogens (tertiary/aromatic N) is 2. The maximum absolute atomic E-state index is 13.5. The highest BCUT2D eigenvalue weighted by Crippen LogP contribution is 2.33. The third-order valence-electron chi connectivity index (χ3n) is 5.99. The normalized spacial score (nSPS) is 13.9. The number of anilines is 1. The number of amides is 2. The second kappa shape index (κ2) is 11.6. The molecule has 0 bridgehead atoms. The minimum Gasteiger partial charge on any atom is -0.339 e. The minimum atomic E-state index is -0.375. The number of para-hydroxylation sites is 1. The number of carbonyl (C=O) groups is 2. The van der Waals surface area contributed by atoms with E-state index in [9.17, 15) is 14.0 Å². The van der Waals surface area contributed by atoms with Crippen LogP contribution >= 0.6 is 0 Å². The van der Waals surface area contributed by atoms with E-state index in [1.54, 1.807) is 24.1 Å². The van der Waals surface area contributed by atoms with E-state index in [1.807, 2.05) is 30.3 Å². The molecular weight excluding hydrogens is 403 g/mol. The fourth-order valence-electron chi connectivity index (χ4n) is 4.14. The molecule has 0 atom stereocenters. The summed E-state index contributed by atoms with van der Waals surface area (Å²) >= 11 is 0. The zero-order valence-electron chi connectivity index (χ0n) is 19.1. The molecule has 1 aliphatic rings. The van der Waals surface area contributed by atoms with Crippen molar-refractivity contribution in [2.75, 3.05) is 18.5 Å². The van der Waals surface area contributed by atoms with Crippen molar-refractivity contribution in [2.45, 2.75) is 58.3 Å². The highest BCUT2D eigenvalue weighted by Gasteiger charge is 2.40. The topological polar surface area (TPSA) is 40.6 Å². The molecule has 170 valence electrons. The summed E-state index contributed by atoms with van der Waals surface area (Å²) < 4.78 is 13.5. The Hall–Kier alpha value is -2.95. The molecule has 4 nitrogen and oxygen atoms in total. The number of imide groups is 1. The zero-order valence-corrected chi connectivity index (χ0v) is 19.1. The van der Waals surface area contributed by atoms with Gasteiger partial charge >= 0.3 is 0 Å². The molecule has 3 rings (SSSR count). The molecule has 0 N–H and O–H groups in total. The summed E-state index contributed by atoms with van der Waals surface area (Å²) in [6.07, 6.45) is 9.16. The minimum absolute atomic E-state index is 0.288. The molecule has 1 aliphatic heterocycles. The van der Waals surface area contributed by atoms with Gasteiger partial charge in [0.2, 0.25) is 0 Å². The van der Waals surface area contributed by atoms with Crippen molar-refractivity contribution in [3.8, 4) is 0 Å². The third-order valence-corrected chi connectivity index (χ3v) is 5.99. The van der Waals surface area contributed by atoms with Gasteiger partial charge in [0.1, 0.15) is 11.5 Å². The Kier molecular flexibility index (Phi) is 8.60. The lowest BCUT2D eigenvalue weighted by Crippen LogP contribution is -2.35. The molecule has 32 heavy (non-hydrogen) atoms. The van der Waals surface area contributed by atoms with E-state index < -0.39 is 0 Å². The Morgan fingerprint density at radius 3 is 2.00 bits per heavy atom. The smallest absolute Gasteiger partial charge is 0.278 e. The molecule has 0 radical (unpaired) electrons. The van der Waals surface area contributed by atoms with Crippen molar-refractivity contribution >= 4 is 23.1 Å². The number of unbranched alkanes of at least 4 members (excludes halogenated alkanes) is 7. The fourth-order valence-corrected chi connectivity index (χ4v) is 4.14. The van der Waals surface area contributed by atoms with Crippen LogP contribution in [-0.2, 0) is 9.59 Å². The summed E-state index contributed by atoms with van der Waals surface area (Å²) in [6, 6.07) is 15.3. The van der Waals surface area contributed by atoms with Gasteiger partial charge in [-0.2, -0.15) is 0 Å². The summed E-state index contributed by atoms with van der Waals surface area (Å²) in [4.78, 5) is 29.8. The maximum atomic E-state index is 13.5. The third kappa shape index (κ3) is 5.64. The van der Waals surface area contributed by atoms with Gasteiger partial charge in [0, 0.05) is 19.3 Å². The molecule has 2 aromatic carbocycles. The molecule has 0 aromatic heterocycles. The molecule has 2 aromatic rings. The molecule has 5 heteroatoms. The summed E-state index contributed by atoms with van der Waals surface area (Å²) in [7, 11) is 1.79. The number of benzene rings is 2.